The molecule has 0 aliphatic heterocycles. The third-order valence-corrected chi connectivity index (χ3v) is 3.69. The number of thiocarbonyl (C=S) groups is 1. The quantitative estimate of drug-likeness (QED) is 0.624. The SMILES string of the molecule is Oc1ccc(Cc2cccnc2NC(=S)Nc2ccccc2)cc1. The number of aromatic nitrogens is 1. The average molecular weight is 335 g/mol. The molecule has 5 heteroatoms. The number of pyridine rings is 1. The number of nitrogens with zero attached hydrogens (tertiary/aromatic N) is 1. The maximum atomic E-state index is 9.39. The highest BCUT2D eigenvalue weighted by molar-refractivity contribution is 7.80. The van der Waals surface area contributed by atoms with Gasteiger partial charge in [0.15, 0.2) is 5.11 Å². The van der Waals surface area contributed by atoms with E-state index in [2.05, 4.69) is 15.6 Å². The Morgan fingerprint density at radius 2 is 1.67 bits per heavy atom. The standard InChI is InChI=1S/C19H17N3OS/c23-17-10-8-14(9-11-17)13-15-5-4-12-20-18(15)22-19(24)21-16-6-2-1-3-7-16/h1-12,23H,13H2,(H2,20,21,22,24). The van der Waals surface area contributed by atoms with Crippen molar-refractivity contribution in [3.63, 3.8) is 0 Å². The smallest absolute Gasteiger partial charge is 0.176 e. The monoisotopic (exact) mass is 335 g/mol. The highest BCUT2D eigenvalue weighted by Crippen LogP contribution is 2.19. The van der Waals surface area contributed by atoms with Crippen LogP contribution in [0.5, 0.6) is 5.75 Å². The van der Waals surface area contributed by atoms with Crippen molar-refractivity contribution in [2.45, 2.75) is 6.42 Å². The van der Waals surface area contributed by atoms with Gasteiger partial charge in [0.1, 0.15) is 11.6 Å². The minimum absolute atomic E-state index is 0.261. The van der Waals surface area contributed by atoms with Gasteiger partial charge in [-0.1, -0.05) is 36.4 Å². The van der Waals surface area contributed by atoms with Crippen molar-refractivity contribution in [2.75, 3.05) is 10.6 Å². The van der Waals surface area contributed by atoms with E-state index in [4.69, 9.17) is 12.2 Å². The lowest BCUT2D eigenvalue weighted by Gasteiger charge is -2.13. The zero-order valence-electron chi connectivity index (χ0n) is 12.9. The summed E-state index contributed by atoms with van der Waals surface area (Å²) < 4.78 is 0. The number of nitrogens with one attached hydrogen (secondary N) is 2. The van der Waals surface area contributed by atoms with Crippen molar-refractivity contribution in [1.29, 1.82) is 0 Å². The molecule has 0 bridgehead atoms. The van der Waals surface area contributed by atoms with Gasteiger partial charge in [0.25, 0.3) is 0 Å². The Bertz CT molecular complexity index is 820. The maximum absolute atomic E-state index is 9.39. The number of phenols is 1. The van der Waals surface area contributed by atoms with Crippen LogP contribution in [-0.4, -0.2) is 15.2 Å². The number of rotatable bonds is 4. The third kappa shape index (κ3) is 4.30. The topological polar surface area (TPSA) is 57.2 Å². The number of hydrogen-bond donors (Lipinski definition) is 3. The lowest BCUT2D eigenvalue weighted by molar-refractivity contribution is 0.475. The van der Waals surface area contributed by atoms with Crippen molar-refractivity contribution in [3.05, 3.63) is 84.1 Å². The number of para-hydroxylation sites is 1. The van der Waals surface area contributed by atoms with Crippen molar-refractivity contribution in [3.8, 4) is 5.75 Å². The van der Waals surface area contributed by atoms with Crippen LogP contribution in [0.2, 0.25) is 0 Å². The summed E-state index contributed by atoms with van der Waals surface area (Å²) in [6.45, 7) is 0. The van der Waals surface area contributed by atoms with Crippen molar-refractivity contribution in [2.24, 2.45) is 0 Å². The van der Waals surface area contributed by atoms with Crippen LogP contribution in [0, 0.1) is 0 Å². The Morgan fingerprint density at radius 3 is 2.42 bits per heavy atom. The lowest BCUT2D eigenvalue weighted by Crippen LogP contribution is -2.20. The van der Waals surface area contributed by atoms with Gasteiger partial charge in [0.05, 0.1) is 0 Å². The second kappa shape index (κ2) is 7.57. The molecule has 0 saturated carbocycles. The summed E-state index contributed by atoms with van der Waals surface area (Å²) in [5.74, 6) is 0.982. The highest BCUT2D eigenvalue weighted by atomic mass is 32.1. The van der Waals surface area contributed by atoms with E-state index in [0.29, 0.717) is 11.5 Å². The highest BCUT2D eigenvalue weighted by Gasteiger charge is 2.07. The Labute approximate surface area is 146 Å². The second-order valence-corrected chi connectivity index (χ2v) is 5.71. The molecule has 1 heterocycles. The van der Waals surface area contributed by atoms with Crippen LogP contribution in [0.15, 0.2) is 72.9 Å². The molecular weight excluding hydrogens is 318 g/mol. The Hall–Kier alpha value is -2.92. The van der Waals surface area contributed by atoms with Gasteiger partial charge in [-0.2, -0.15) is 0 Å². The summed E-state index contributed by atoms with van der Waals surface area (Å²) in [7, 11) is 0. The number of benzene rings is 2. The molecule has 0 amide bonds. The average Bonchev–Trinajstić information content (AvgIpc) is 2.59. The largest absolute Gasteiger partial charge is 0.508 e. The number of anilines is 2. The van der Waals surface area contributed by atoms with Crippen LogP contribution in [0.25, 0.3) is 0 Å². The molecule has 0 fully saturated rings. The molecule has 0 saturated heterocycles. The molecule has 0 atom stereocenters. The maximum Gasteiger partial charge on any atom is 0.176 e. The van der Waals surface area contributed by atoms with Crippen molar-refractivity contribution < 1.29 is 5.11 Å². The van der Waals surface area contributed by atoms with Gasteiger partial charge in [-0.05, 0) is 53.7 Å². The van der Waals surface area contributed by atoms with E-state index in [0.717, 1.165) is 22.6 Å². The lowest BCUT2D eigenvalue weighted by atomic mass is 10.1. The first kappa shape index (κ1) is 16.0. The fourth-order valence-corrected chi connectivity index (χ4v) is 2.53. The summed E-state index contributed by atoms with van der Waals surface area (Å²) in [5, 5.41) is 16.2. The van der Waals surface area contributed by atoms with Gasteiger partial charge in [-0.3, -0.25) is 0 Å². The zero-order chi connectivity index (χ0) is 16.8. The van der Waals surface area contributed by atoms with Gasteiger partial charge >= 0.3 is 0 Å². The summed E-state index contributed by atoms with van der Waals surface area (Å²) in [6.07, 6.45) is 2.43. The first-order valence-corrected chi connectivity index (χ1v) is 7.96. The van der Waals surface area contributed by atoms with E-state index in [9.17, 15) is 5.11 Å². The molecule has 120 valence electrons. The Balaban J connectivity index is 1.71. The summed E-state index contributed by atoms with van der Waals surface area (Å²) >= 11 is 5.36. The van der Waals surface area contributed by atoms with Crippen LogP contribution >= 0.6 is 12.2 Å². The van der Waals surface area contributed by atoms with E-state index >= 15 is 0 Å². The molecular formula is C19H17N3OS. The van der Waals surface area contributed by atoms with Gasteiger partial charge in [-0.15, -0.1) is 0 Å². The first-order chi connectivity index (χ1) is 11.7. The van der Waals surface area contributed by atoms with Crippen LogP contribution < -0.4 is 10.6 Å². The van der Waals surface area contributed by atoms with Gasteiger partial charge < -0.3 is 15.7 Å². The molecule has 0 radical (unpaired) electrons. The van der Waals surface area contributed by atoms with E-state index in [1.807, 2.05) is 54.6 Å². The van der Waals surface area contributed by atoms with Crippen LogP contribution in [0.4, 0.5) is 11.5 Å². The van der Waals surface area contributed by atoms with Gasteiger partial charge in [0, 0.05) is 18.3 Å². The molecule has 2 aromatic carbocycles. The first-order valence-electron chi connectivity index (χ1n) is 7.55. The molecule has 3 rings (SSSR count). The number of hydrogen-bond acceptors (Lipinski definition) is 3. The molecule has 1 aromatic heterocycles. The molecule has 24 heavy (non-hydrogen) atoms. The molecule has 0 spiro atoms. The number of aromatic hydroxyl groups is 1. The fraction of sp³-hybridized carbons (Fsp3) is 0.0526. The normalized spacial score (nSPS) is 10.2. The molecule has 0 aliphatic rings. The predicted octanol–water partition coefficient (Wildman–Crippen LogP) is 4.19. The van der Waals surface area contributed by atoms with E-state index in [1.165, 1.54) is 0 Å². The van der Waals surface area contributed by atoms with Gasteiger partial charge in [0.2, 0.25) is 0 Å². The molecule has 0 unspecified atom stereocenters. The third-order valence-electron chi connectivity index (χ3n) is 3.49. The molecule has 0 aliphatic carbocycles. The van der Waals surface area contributed by atoms with E-state index in [1.54, 1.807) is 18.3 Å². The van der Waals surface area contributed by atoms with Crippen LogP contribution in [-0.2, 0) is 6.42 Å². The minimum atomic E-state index is 0.261. The summed E-state index contributed by atoms with van der Waals surface area (Å²) in [6, 6.07) is 20.8. The molecule has 3 aromatic rings. The van der Waals surface area contributed by atoms with Crippen molar-refractivity contribution in [1.82, 2.24) is 4.98 Å². The number of phenolic OH excluding ortho intramolecular Hbond substituents is 1. The second-order valence-electron chi connectivity index (χ2n) is 5.30. The summed E-state index contributed by atoms with van der Waals surface area (Å²) in [4.78, 5) is 4.39. The minimum Gasteiger partial charge on any atom is -0.508 e. The fourth-order valence-electron chi connectivity index (χ4n) is 2.32. The van der Waals surface area contributed by atoms with E-state index in [-0.39, 0.29) is 5.75 Å². The zero-order valence-corrected chi connectivity index (χ0v) is 13.8. The van der Waals surface area contributed by atoms with Crippen LogP contribution in [0.3, 0.4) is 0 Å². The molecule has 4 nitrogen and oxygen atoms in total. The van der Waals surface area contributed by atoms with Gasteiger partial charge in [-0.25, -0.2) is 4.98 Å². The Morgan fingerprint density at radius 1 is 0.917 bits per heavy atom. The summed E-state index contributed by atoms with van der Waals surface area (Å²) in [5.41, 5.74) is 3.04. The van der Waals surface area contributed by atoms with Crippen LogP contribution in [0.1, 0.15) is 11.1 Å². The van der Waals surface area contributed by atoms with Crippen molar-refractivity contribution >= 4 is 28.8 Å². The van der Waals surface area contributed by atoms with E-state index < -0.39 is 0 Å². The predicted molar refractivity (Wildman–Crippen MR) is 101 cm³/mol. The molecule has 3 N–H and O–H groups in total. The Kier molecular flexibility index (Phi) is 5.03.